The Labute approximate surface area is 402 Å². The first-order valence-electron chi connectivity index (χ1n) is 23.2. The number of rotatable bonds is 15. The van der Waals surface area contributed by atoms with Gasteiger partial charge in [0.2, 0.25) is 11.9 Å². The minimum absolute atomic E-state index is 0.0230. The minimum atomic E-state index is -0.534. The summed E-state index contributed by atoms with van der Waals surface area (Å²) in [6.07, 6.45) is 8.40. The van der Waals surface area contributed by atoms with Crippen LogP contribution in [0.1, 0.15) is 99.0 Å². The molecule has 3 aliphatic rings. The summed E-state index contributed by atoms with van der Waals surface area (Å²) in [5.41, 5.74) is 2.00. The van der Waals surface area contributed by atoms with Gasteiger partial charge in [-0.25, -0.2) is 29.3 Å². The molecule has 5 heterocycles. The van der Waals surface area contributed by atoms with E-state index in [2.05, 4.69) is 86.2 Å². The number of anilines is 3. The van der Waals surface area contributed by atoms with E-state index in [1.54, 1.807) is 61.1 Å². The summed E-state index contributed by atoms with van der Waals surface area (Å²) in [5.74, 6) is 1.38. The molecule has 68 heavy (non-hydrogen) atoms. The molecule has 3 aromatic heterocycles. The van der Waals surface area contributed by atoms with Crippen LogP contribution in [0, 0.1) is 34.9 Å². The van der Waals surface area contributed by atoms with Crippen molar-refractivity contribution in [3.05, 3.63) is 101 Å². The standard InChI is InChI=1S/C50H60ClFN12O4/c1-30(2)64-31(3)54-28-41(64)42-40(52)27-55-47(59-42)58-35-12-9-32(10-13-35)44(66)63-18-15-36(29-63)61(8)21-22-67-37-16-19-62(20-17-37)48-56-25-34(26-57-48)43(65)60-45-49(4,5)46(50(45,6)7)68-38-14-11-33(24-53)39(51)23-38/h9-14,23,25-28,30,36-37,45-46H,15-22,29H2,1-8H3,(H,60,65)(H,55,58,59)/t36-,45-,46-/m0/s1. The highest BCUT2D eigenvalue weighted by atomic mass is 35.5. The monoisotopic (exact) mass is 946 g/mol. The Morgan fingerprint density at radius 3 is 2.32 bits per heavy atom. The van der Waals surface area contributed by atoms with Crippen molar-refractivity contribution in [2.24, 2.45) is 10.8 Å². The Hall–Kier alpha value is -6.22. The topological polar surface area (TPSA) is 180 Å². The molecular formula is C50H60ClFN12O4. The van der Waals surface area contributed by atoms with Crippen molar-refractivity contribution in [3.8, 4) is 23.2 Å². The highest BCUT2D eigenvalue weighted by Crippen LogP contribution is 2.55. The van der Waals surface area contributed by atoms with Crippen LogP contribution >= 0.6 is 11.6 Å². The number of nitrogens with one attached hydrogen (secondary N) is 2. The van der Waals surface area contributed by atoms with E-state index in [-0.39, 0.29) is 53.8 Å². The number of hydrogen-bond acceptors (Lipinski definition) is 13. The largest absolute Gasteiger partial charge is 0.489 e. The number of imidazole rings is 1. The second-order valence-corrected chi connectivity index (χ2v) is 20.0. The van der Waals surface area contributed by atoms with Gasteiger partial charge in [-0.3, -0.25) is 14.5 Å². The summed E-state index contributed by atoms with van der Waals surface area (Å²) in [6, 6.07) is 14.4. The van der Waals surface area contributed by atoms with Crippen molar-refractivity contribution in [1.29, 1.82) is 5.26 Å². The first-order chi connectivity index (χ1) is 32.4. The smallest absolute Gasteiger partial charge is 0.254 e. The summed E-state index contributed by atoms with van der Waals surface area (Å²) in [5, 5.41) is 15.9. The van der Waals surface area contributed by atoms with Crippen molar-refractivity contribution in [3.63, 3.8) is 0 Å². The number of piperidine rings is 1. The van der Waals surface area contributed by atoms with Gasteiger partial charge >= 0.3 is 0 Å². The fraction of sp³-hybridized carbons (Fsp3) is 0.480. The van der Waals surface area contributed by atoms with E-state index in [0.29, 0.717) is 64.5 Å². The third kappa shape index (κ3) is 9.99. The second-order valence-electron chi connectivity index (χ2n) is 19.6. The van der Waals surface area contributed by atoms with Crippen LogP contribution in [0.25, 0.3) is 11.4 Å². The van der Waals surface area contributed by atoms with Crippen LogP contribution in [-0.4, -0.2) is 122 Å². The average Bonchev–Trinajstić information content (AvgIpc) is 3.98. The molecule has 1 aliphatic carbocycles. The van der Waals surface area contributed by atoms with E-state index in [1.165, 1.54) is 0 Å². The molecule has 0 bridgehead atoms. The lowest BCUT2D eigenvalue weighted by molar-refractivity contribution is -0.164. The molecule has 2 aliphatic heterocycles. The quantitative estimate of drug-likeness (QED) is 0.104. The fourth-order valence-corrected chi connectivity index (χ4v) is 10.6. The Kier molecular flexibility index (Phi) is 14.0. The van der Waals surface area contributed by atoms with E-state index >= 15 is 0 Å². The van der Waals surface area contributed by atoms with Gasteiger partial charge in [0.15, 0.2) is 5.82 Å². The molecule has 1 atom stereocenters. The zero-order chi connectivity index (χ0) is 48.5. The van der Waals surface area contributed by atoms with Gasteiger partial charge in [-0.05, 0) is 83.5 Å². The molecular weight excluding hydrogens is 887 g/mol. The van der Waals surface area contributed by atoms with Gasteiger partial charge in [-0.15, -0.1) is 0 Å². The maximum atomic E-state index is 14.9. The molecule has 5 aromatic rings. The molecule has 1 saturated carbocycles. The highest BCUT2D eigenvalue weighted by Gasteiger charge is 2.64. The van der Waals surface area contributed by atoms with Gasteiger partial charge in [0.05, 0.1) is 46.9 Å². The van der Waals surface area contributed by atoms with Crippen LogP contribution in [0.4, 0.5) is 22.0 Å². The number of aryl methyl sites for hydroxylation is 1. The summed E-state index contributed by atoms with van der Waals surface area (Å²) >= 11 is 6.25. The first kappa shape index (κ1) is 48.2. The number of aromatic nitrogens is 6. The fourth-order valence-electron chi connectivity index (χ4n) is 10.4. The number of ether oxygens (including phenoxy) is 2. The molecule has 2 aromatic carbocycles. The second kappa shape index (κ2) is 19.8. The molecule has 0 unspecified atom stereocenters. The van der Waals surface area contributed by atoms with Crippen molar-refractivity contribution in [2.75, 3.05) is 56.6 Å². The Balaban J connectivity index is 0.746. The molecule has 18 heteroatoms. The predicted octanol–water partition coefficient (Wildman–Crippen LogP) is 7.87. The number of carbonyl (C=O) groups is 2. The lowest BCUT2D eigenvalue weighted by Crippen LogP contribution is -2.74. The molecule has 2 amide bonds. The summed E-state index contributed by atoms with van der Waals surface area (Å²) < 4.78 is 29.5. The molecule has 3 fully saturated rings. The van der Waals surface area contributed by atoms with Crippen LogP contribution in [-0.2, 0) is 4.74 Å². The number of likely N-dealkylation sites (N-methyl/N-ethyl adjacent to an activating group) is 1. The van der Waals surface area contributed by atoms with Crippen LogP contribution < -0.4 is 20.3 Å². The number of carbonyl (C=O) groups excluding carboxylic acids is 2. The average molecular weight is 948 g/mol. The molecule has 0 spiro atoms. The highest BCUT2D eigenvalue weighted by molar-refractivity contribution is 6.31. The minimum Gasteiger partial charge on any atom is -0.489 e. The van der Waals surface area contributed by atoms with Crippen LogP contribution in [0.2, 0.25) is 5.02 Å². The maximum absolute atomic E-state index is 14.9. The first-order valence-corrected chi connectivity index (χ1v) is 23.6. The SMILES string of the molecule is Cc1ncc(-c2nc(Nc3ccc(C(=O)N4CC[C@H](N(C)CCOC5CCN(c6ncc(C(=O)N[C@H]7C(C)(C)[C@H](Oc8ccc(C#N)c(Cl)c8)C7(C)C)cn6)CC5)C4)cc3)ncc2F)n1C(C)C. The van der Waals surface area contributed by atoms with Gasteiger partial charge in [0, 0.05) is 91.4 Å². The Morgan fingerprint density at radius 1 is 0.956 bits per heavy atom. The van der Waals surface area contributed by atoms with E-state index < -0.39 is 16.6 Å². The Morgan fingerprint density at radius 2 is 1.66 bits per heavy atom. The van der Waals surface area contributed by atoms with Crippen LogP contribution in [0.3, 0.4) is 0 Å². The van der Waals surface area contributed by atoms with Gasteiger partial charge in [-0.2, -0.15) is 5.26 Å². The van der Waals surface area contributed by atoms with Gasteiger partial charge in [-0.1, -0.05) is 39.3 Å². The van der Waals surface area contributed by atoms with Crippen molar-refractivity contribution in [1.82, 2.24) is 44.6 Å². The third-order valence-corrected chi connectivity index (χ3v) is 14.1. The third-order valence-electron chi connectivity index (χ3n) is 13.8. The maximum Gasteiger partial charge on any atom is 0.254 e. The van der Waals surface area contributed by atoms with E-state index in [4.69, 9.17) is 21.1 Å². The number of nitriles is 1. The van der Waals surface area contributed by atoms with Crippen molar-refractivity contribution < 1.29 is 23.5 Å². The van der Waals surface area contributed by atoms with Crippen LogP contribution in [0.15, 0.2) is 67.3 Å². The number of amides is 2. The van der Waals surface area contributed by atoms with Crippen molar-refractivity contribution in [2.45, 2.75) is 98.1 Å². The molecule has 0 radical (unpaired) electrons. The van der Waals surface area contributed by atoms with Crippen LogP contribution in [0.5, 0.6) is 5.75 Å². The number of halogens is 2. The number of hydrogen-bond donors (Lipinski definition) is 2. The number of benzene rings is 2. The zero-order valence-corrected chi connectivity index (χ0v) is 40.7. The predicted molar refractivity (Wildman–Crippen MR) is 258 cm³/mol. The lowest BCUT2D eigenvalue weighted by Gasteiger charge is -2.63. The summed E-state index contributed by atoms with van der Waals surface area (Å²) in [4.78, 5) is 55.4. The number of nitrogens with zero attached hydrogens (tertiary/aromatic N) is 10. The van der Waals surface area contributed by atoms with E-state index in [1.807, 2.05) is 30.2 Å². The Bertz CT molecular complexity index is 2650. The molecule has 358 valence electrons. The molecule has 2 saturated heterocycles. The summed E-state index contributed by atoms with van der Waals surface area (Å²) in [7, 11) is 2.09. The molecule has 8 rings (SSSR count). The van der Waals surface area contributed by atoms with Crippen molar-refractivity contribution >= 4 is 41.0 Å². The normalized spacial score (nSPS) is 20.0. The molecule has 16 nitrogen and oxygen atoms in total. The number of likely N-dealkylation sites (tertiary alicyclic amines) is 1. The molecule has 2 N–H and O–H groups in total. The van der Waals surface area contributed by atoms with E-state index in [9.17, 15) is 19.2 Å². The lowest BCUT2D eigenvalue weighted by atomic mass is 9.49. The van der Waals surface area contributed by atoms with Gasteiger partial charge in [0.1, 0.15) is 29.4 Å². The zero-order valence-electron chi connectivity index (χ0n) is 40.0. The van der Waals surface area contributed by atoms with Gasteiger partial charge in [0.25, 0.3) is 11.8 Å². The van der Waals surface area contributed by atoms with Gasteiger partial charge < -0.3 is 34.5 Å². The summed E-state index contributed by atoms with van der Waals surface area (Å²) in [6.45, 7) is 18.3. The van der Waals surface area contributed by atoms with E-state index in [0.717, 1.165) is 50.9 Å².